The molecule has 2 aromatic rings. The topological polar surface area (TPSA) is 26.3 Å². The lowest BCUT2D eigenvalue weighted by Crippen LogP contribution is -2.13. The Morgan fingerprint density at radius 3 is 2.21 bits per heavy atom. The summed E-state index contributed by atoms with van der Waals surface area (Å²) >= 11 is 0. The van der Waals surface area contributed by atoms with Gasteiger partial charge in [0.1, 0.15) is 5.75 Å². The minimum absolute atomic E-state index is 0.298. The van der Waals surface area contributed by atoms with E-state index in [2.05, 4.69) is 22.4 Å². The Bertz CT molecular complexity index is 668. The third-order valence-corrected chi connectivity index (χ3v) is 5.56. The maximum Gasteiger partial charge on any atom is 0.343 e. The molecule has 0 amide bonds. The summed E-state index contributed by atoms with van der Waals surface area (Å²) in [6.07, 6.45) is 5.04. The molecule has 0 saturated heterocycles. The number of benzene rings is 2. The van der Waals surface area contributed by atoms with Gasteiger partial charge in [-0.1, -0.05) is 48.7 Å². The second kappa shape index (κ2) is 7.80. The van der Waals surface area contributed by atoms with Gasteiger partial charge in [0, 0.05) is 10.2 Å². The van der Waals surface area contributed by atoms with Crippen molar-refractivity contribution in [1.82, 2.24) is 0 Å². The summed E-state index contributed by atoms with van der Waals surface area (Å²) in [6, 6.07) is 16.6. The van der Waals surface area contributed by atoms with E-state index in [-0.39, 0.29) is 5.97 Å². The summed E-state index contributed by atoms with van der Waals surface area (Å²) in [5, 5.41) is 0. The molecule has 1 aliphatic rings. The quantitative estimate of drug-likeness (QED) is 0.443. The maximum absolute atomic E-state index is 12.2. The molecule has 3 rings (SSSR count). The van der Waals surface area contributed by atoms with Crippen molar-refractivity contribution in [3.63, 3.8) is 0 Å². The monoisotopic (exact) mass is 335 g/mol. The van der Waals surface area contributed by atoms with Crippen molar-refractivity contribution < 1.29 is 9.53 Å². The van der Waals surface area contributed by atoms with E-state index in [1.54, 1.807) is 0 Å². The Labute approximate surface area is 147 Å². The van der Waals surface area contributed by atoms with Crippen LogP contribution < -0.4 is 4.74 Å². The van der Waals surface area contributed by atoms with Crippen LogP contribution in [-0.2, 0) is 0 Å². The van der Waals surface area contributed by atoms with E-state index in [9.17, 15) is 4.79 Å². The van der Waals surface area contributed by atoms with Crippen LogP contribution in [0.4, 0.5) is 0 Å². The molecular formula is C21H23O2Si. The van der Waals surface area contributed by atoms with Gasteiger partial charge in [-0.2, -0.15) is 0 Å². The zero-order valence-corrected chi connectivity index (χ0v) is 15.1. The van der Waals surface area contributed by atoms with Crippen LogP contribution >= 0.6 is 0 Å². The molecule has 3 radical (unpaired) electrons. The summed E-state index contributed by atoms with van der Waals surface area (Å²) in [5.74, 6) is 1.74. The molecule has 1 aliphatic carbocycles. The molecule has 2 aromatic carbocycles. The first-order valence-corrected chi connectivity index (χ1v) is 9.40. The number of esters is 1. The summed E-state index contributed by atoms with van der Waals surface area (Å²) in [4.78, 5) is 12.2. The predicted octanol–water partition coefficient (Wildman–Crippen LogP) is 5.07. The first kappa shape index (κ1) is 17.0. The van der Waals surface area contributed by atoms with Crippen molar-refractivity contribution in [3.05, 3.63) is 65.2 Å². The number of ether oxygens (including phenoxy) is 1. The Hall–Kier alpha value is -1.87. The average Bonchev–Trinajstić information content (AvgIpc) is 2.64. The molecule has 0 spiro atoms. The number of carbonyl (C=O) groups is 1. The van der Waals surface area contributed by atoms with Gasteiger partial charge in [0.05, 0.1) is 5.56 Å². The molecule has 1 fully saturated rings. The highest BCUT2D eigenvalue weighted by Gasteiger charge is 2.21. The first-order valence-electron chi connectivity index (χ1n) is 8.69. The van der Waals surface area contributed by atoms with Gasteiger partial charge in [0.15, 0.2) is 0 Å². The Morgan fingerprint density at radius 2 is 1.62 bits per heavy atom. The fourth-order valence-electron chi connectivity index (χ4n) is 3.36. The smallest absolute Gasteiger partial charge is 0.343 e. The maximum atomic E-state index is 12.2. The summed E-state index contributed by atoms with van der Waals surface area (Å²) in [6.45, 7) is 2.01. The van der Waals surface area contributed by atoms with Crippen LogP contribution in [-0.4, -0.2) is 16.2 Å². The van der Waals surface area contributed by atoms with Gasteiger partial charge in [-0.25, -0.2) is 4.79 Å². The standard InChI is InChI=1S/C21H23O2Si/c1-15-2-12-20(13-3-15)23-21(22)19-10-8-18(9-11-19)17-6-4-16(14-24)5-7-17/h2-3,8-13,16-17H,4-7,14H2,1H3. The summed E-state index contributed by atoms with van der Waals surface area (Å²) < 4.78 is 5.43. The minimum atomic E-state index is -0.298. The normalized spacial score (nSPS) is 20.6. The highest BCUT2D eigenvalue weighted by Crippen LogP contribution is 2.36. The molecule has 0 aromatic heterocycles. The van der Waals surface area contributed by atoms with Crippen LogP contribution in [0, 0.1) is 12.8 Å². The van der Waals surface area contributed by atoms with E-state index in [0.717, 1.165) is 17.5 Å². The fraction of sp³-hybridized carbons (Fsp3) is 0.381. The molecule has 2 nitrogen and oxygen atoms in total. The highest BCUT2D eigenvalue weighted by molar-refractivity contribution is 6.08. The Balaban J connectivity index is 1.61. The molecule has 0 N–H and O–H groups in total. The van der Waals surface area contributed by atoms with E-state index in [1.807, 2.05) is 43.3 Å². The Morgan fingerprint density at radius 1 is 1.00 bits per heavy atom. The van der Waals surface area contributed by atoms with Crippen LogP contribution in [0.5, 0.6) is 5.75 Å². The SMILES string of the molecule is Cc1ccc(OC(=O)c2ccc(C3CCC(C[Si])CC3)cc2)cc1. The van der Waals surface area contributed by atoms with Crippen molar-refractivity contribution in [2.24, 2.45) is 5.92 Å². The molecule has 0 aliphatic heterocycles. The van der Waals surface area contributed by atoms with Gasteiger partial charge in [-0.05, 0) is 61.4 Å². The predicted molar refractivity (Wildman–Crippen MR) is 97.8 cm³/mol. The molecule has 0 bridgehead atoms. The number of rotatable bonds is 4. The number of hydrogen-bond acceptors (Lipinski definition) is 2. The number of hydrogen-bond donors (Lipinski definition) is 0. The first-order chi connectivity index (χ1) is 11.7. The number of aryl methyl sites for hydroxylation is 1. The summed E-state index contributed by atoms with van der Waals surface area (Å²) in [7, 11) is 3.64. The van der Waals surface area contributed by atoms with E-state index in [0.29, 0.717) is 17.2 Å². The third-order valence-electron chi connectivity index (χ3n) is 4.98. The van der Waals surface area contributed by atoms with Crippen LogP contribution in [0.3, 0.4) is 0 Å². The van der Waals surface area contributed by atoms with Gasteiger partial charge < -0.3 is 4.74 Å². The lowest BCUT2D eigenvalue weighted by atomic mass is 9.79. The Kier molecular flexibility index (Phi) is 5.51. The van der Waals surface area contributed by atoms with Crippen molar-refractivity contribution >= 4 is 16.2 Å². The van der Waals surface area contributed by atoms with Crippen molar-refractivity contribution in [2.45, 2.75) is 44.6 Å². The molecule has 0 atom stereocenters. The third kappa shape index (κ3) is 4.15. The van der Waals surface area contributed by atoms with Gasteiger partial charge in [-0.3, -0.25) is 0 Å². The van der Waals surface area contributed by atoms with Crippen molar-refractivity contribution in [2.75, 3.05) is 0 Å². The van der Waals surface area contributed by atoms with Gasteiger partial charge in [0.25, 0.3) is 0 Å². The van der Waals surface area contributed by atoms with E-state index >= 15 is 0 Å². The van der Waals surface area contributed by atoms with Crippen molar-refractivity contribution in [3.8, 4) is 5.75 Å². The zero-order chi connectivity index (χ0) is 16.9. The van der Waals surface area contributed by atoms with Crippen LogP contribution in [0.2, 0.25) is 6.04 Å². The molecule has 24 heavy (non-hydrogen) atoms. The number of carbonyl (C=O) groups excluding carboxylic acids is 1. The average molecular weight is 335 g/mol. The fourth-order valence-corrected chi connectivity index (χ4v) is 3.77. The van der Waals surface area contributed by atoms with Crippen LogP contribution in [0.15, 0.2) is 48.5 Å². The van der Waals surface area contributed by atoms with Gasteiger partial charge >= 0.3 is 5.97 Å². The second-order valence-corrected chi connectivity index (χ2v) is 7.15. The zero-order valence-electron chi connectivity index (χ0n) is 14.1. The second-order valence-electron chi connectivity index (χ2n) is 6.75. The molecule has 1 saturated carbocycles. The summed E-state index contributed by atoms with van der Waals surface area (Å²) in [5.41, 5.74) is 3.09. The van der Waals surface area contributed by atoms with Crippen LogP contribution in [0.25, 0.3) is 0 Å². The largest absolute Gasteiger partial charge is 0.423 e. The molecule has 0 unspecified atom stereocenters. The molecular weight excluding hydrogens is 312 g/mol. The lowest BCUT2D eigenvalue weighted by Gasteiger charge is -2.28. The highest BCUT2D eigenvalue weighted by atomic mass is 28.1. The van der Waals surface area contributed by atoms with Crippen LogP contribution in [0.1, 0.15) is 53.1 Å². The van der Waals surface area contributed by atoms with E-state index < -0.39 is 0 Å². The van der Waals surface area contributed by atoms with E-state index in [4.69, 9.17) is 4.74 Å². The van der Waals surface area contributed by atoms with Gasteiger partial charge in [-0.15, -0.1) is 0 Å². The molecule has 0 heterocycles. The molecule has 3 heteroatoms. The minimum Gasteiger partial charge on any atom is -0.423 e. The molecule has 123 valence electrons. The lowest BCUT2D eigenvalue weighted by molar-refractivity contribution is 0.0734. The van der Waals surface area contributed by atoms with Gasteiger partial charge in [0.2, 0.25) is 0 Å². The van der Waals surface area contributed by atoms with Crippen molar-refractivity contribution in [1.29, 1.82) is 0 Å². The van der Waals surface area contributed by atoms with E-state index in [1.165, 1.54) is 31.2 Å².